The van der Waals surface area contributed by atoms with Crippen LogP contribution in [0.5, 0.6) is 0 Å². The minimum absolute atomic E-state index is 0.0581. The van der Waals surface area contributed by atoms with Crippen molar-refractivity contribution in [1.29, 1.82) is 0 Å². The van der Waals surface area contributed by atoms with Crippen molar-refractivity contribution in [2.75, 3.05) is 18.5 Å². The number of nitrogens with one attached hydrogen (secondary N) is 2. The van der Waals surface area contributed by atoms with Crippen LogP contribution in [-0.2, 0) is 14.3 Å². The number of benzene rings is 1. The molecule has 1 heterocycles. The fourth-order valence-electron chi connectivity index (χ4n) is 2.03. The second kappa shape index (κ2) is 7.64. The molecule has 0 bridgehead atoms. The monoisotopic (exact) mass is 330 g/mol. The van der Waals surface area contributed by atoms with Gasteiger partial charge in [-0.1, -0.05) is 23.2 Å². The molecule has 114 valence electrons. The van der Waals surface area contributed by atoms with Gasteiger partial charge in [-0.3, -0.25) is 9.59 Å². The third-order valence-electron chi connectivity index (χ3n) is 3.08. The van der Waals surface area contributed by atoms with Gasteiger partial charge in [0.05, 0.1) is 16.8 Å². The molecule has 7 heteroatoms. The van der Waals surface area contributed by atoms with E-state index in [1.54, 1.807) is 12.1 Å². The van der Waals surface area contributed by atoms with Gasteiger partial charge in [-0.25, -0.2) is 0 Å². The maximum absolute atomic E-state index is 11.8. The van der Waals surface area contributed by atoms with E-state index >= 15 is 0 Å². The fourth-order valence-corrected chi connectivity index (χ4v) is 2.48. The molecule has 0 aliphatic carbocycles. The van der Waals surface area contributed by atoms with Crippen LogP contribution >= 0.6 is 23.2 Å². The molecule has 0 radical (unpaired) electrons. The average Bonchev–Trinajstić information content (AvgIpc) is 2.93. The number of rotatable bonds is 5. The van der Waals surface area contributed by atoms with Gasteiger partial charge in [0, 0.05) is 18.2 Å². The molecule has 2 rings (SSSR count). The van der Waals surface area contributed by atoms with Gasteiger partial charge >= 0.3 is 0 Å². The number of hydrogen-bond acceptors (Lipinski definition) is 3. The number of carbonyl (C=O) groups excluding carboxylic acids is 2. The Hall–Kier alpha value is -1.30. The molecule has 5 nitrogen and oxygen atoms in total. The molecule has 0 saturated carbocycles. The predicted octanol–water partition coefficient (Wildman–Crippen LogP) is 2.62. The minimum Gasteiger partial charge on any atom is -0.376 e. The molecule has 1 atom stereocenters. The Morgan fingerprint density at radius 3 is 2.76 bits per heavy atom. The molecule has 1 aliphatic rings. The van der Waals surface area contributed by atoms with Crippen molar-refractivity contribution in [1.82, 2.24) is 5.32 Å². The van der Waals surface area contributed by atoms with Crippen LogP contribution in [0.1, 0.15) is 19.3 Å². The summed E-state index contributed by atoms with van der Waals surface area (Å²) in [5, 5.41) is 6.07. The third kappa shape index (κ3) is 5.19. The summed E-state index contributed by atoms with van der Waals surface area (Å²) in [7, 11) is 0. The van der Waals surface area contributed by atoms with Gasteiger partial charge in [0.25, 0.3) is 0 Å². The molecule has 0 aromatic heterocycles. The predicted molar refractivity (Wildman–Crippen MR) is 81.7 cm³/mol. The molecular weight excluding hydrogens is 315 g/mol. The van der Waals surface area contributed by atoms with Crippen molar-refractivity contribution in [3.8, 4) is 0 Å². The summed E-state index contributed by atoms with van der Waals surface area (Å²) in [6, 6.07) is 4.73. The highest BCUT2D eigenvalue weighted by molar-refractivity contribution is 6.36. The summed E-state index contributed by atoms with van der Waals surface area (Å²) in [5.74, 6) is -0.767. The molecule has 1 saturated heterocycles. The Morgan fingerprint density at radius 2 is 2.10 bits per heavy atom. The molecule has 1 aromatic rings. The summed E-state index contributed by atoms with van der Waals surface area (Å²) >= 11 is 11.7. The number of ether oxygens (including phenoxy) is 1. The van der Waals surface area contributed by atoms with E-state index in [1.165, 1.54) is 6.07 Å². The molecule has 1 unspecified atom stereocenters. The summed E-state index contributed by atoms with van der Waals surface area (Å²) in [5.41, 5.74) is 0.429. The van der Waals surface area contributed by atoms with Crippen molar-refractivity contribution >= 4 is 40.7 Å². The van der Waals surface area contributed by atoms with Crippen molar-refractivity contribution in [3.63, 3.8) is 0 Å². The van der Waals surface area contributed by atoms with Crippen LogP contribution in [-0.4, -0.2) is 31.1 Å². The Balaban J connectivity index is 1.76. The fraction of sp³-hybridized carbons (Fsp3) is 0.429. The van der Waals surface area contributed by atoms with Crippen LogP contribution in [0.2, 0.25) is 10.0 Å². The van der Waals surface area contributed by atoms with Gasteiger partial charge in [0.2, 0.25) is 11.8 Å². The lowest BCUT2D eigenvalue weighted by Gasteiger charge is -2.11. The van der Waals surface area contributed by atoms with E-state index in [2.05, 4.69) is 10.6 Å². The Morgan fingerprint density at radius 1 is 1.29 bits per heavy atom. The van der Waals surface area contributed by atoms with Crippen molar-refractivity contribution in [2.45, 2.75) is 25.4 Å². The first-order valence-electron chi connectivity index (χ1n) is 6.68. The molecule has 1 fully saturated rings. The lowest BCUT2D eigenvalue weighted by atomic mass is 10.2. The zero-order valence-electron chi connectivity index (χ0n) is 11.3. The van der Waals surface area contributed by atoms with Gasteiger partial charge in [-0.2, -0.15) is 0 Å². The van der Waals surface area contributed by atoms with Gasteiger partial charge in [0.15, 0.2) is 0 Å². The third-order valence-corrected chi connectivity index (χ3v) is 3.63. The lowest BCUT2D eigenvalue weighted by Crippen LogP contribution is -2.34. The van der Waals surface area contributed by atoms with Crippen LogP contribution in [0, 0.1) is 0 Å². The highest BCUT2D eigenvalue weighted by Gasteiger charge is 2.17. The number of carbonyl (C=O) groups is 2. The Labute approximate surface area is 132 Å². The maximum Gasteiger partial charge on any atom is 0.233 e. The average molecular weight is 331 g/mol. The van der Waals surface area contributed by atoms with E-state index in [-0.39, 0.29) is 18.4 Å². The molecular formula is C14H16Cl2N2O3. The van der Waals surface area contributed by atoms with Gasteiger partial charge < -0.3 is 15.4 Å². The molecule has 21 heavy (non-hydrogen) atoms. The quantitative estimate of drug-likeness (QED) is 0.815. The number of amides is 2. The Bertz CT molecular complexity index is 531. The number of halogens is 2. The largest absolute Gasteiger partial charge is 0.376 e. The molecule has 1 aromatic carbocycles. The normalized spacial score (nSPS) is 17.5. The van der Waals surface area contributed by atoms with E-state index in [1.807, 2.05) is 0 Å². The van der Waals surface area contributed by atoms with Crippen LogP contribution < -0.4 is 10.6 Å². The van der Waals surface area contributed by atoms with E-state index in [0.717, 1.165) is 19.4 Å². The van der Waals surface area contributed by atoms with E-state index < -0.39 is 5.91 Å². The smallest absolute Gasteiger partial charge is 0.233 e. The van der Waals surface area contributed by atoms with Crippen LogP contribution in [0.25, 0.3) is 0 Å². The topological polar surface area (TPSA) is 67.4 Å². The summed E-state index contributed by atoms with van der Waals surface area (Å²) in [6.45, 7) is 1.17. The first-order valence-corrected chi connectivity index (χ1v) is 7.43. The number of anilines is 1. The molecule has 2 N–H and O–H groups in total. The lowest BCUT2D eigenvalue weighted by molar-refractivity contribution is -0.127. The van der Waals surface area contributed by atoms with Crippen LogP contribution in [0.4, 0.5) is 5.69 Å². The van der Waals surface area contributed by atoms with Gasteiger partial charge in [-0.15, -0.1) is 0 Å². The first kappa shape index (κ1) is 16.1. The van der Waals surface area contributed by atoms with Crippen LogP contribution in [0.15, 0.2) is 18.2 Å². The number of hydrogen-bond donors (Lipinski definition) is 2. The highest BCUT2D eigenvalue weighted by atomic mass is 35.5. The van der Waals surface area contributed by atoms with Gasteiger partial charge in [0.1, 0.15) is 6.42 Å². The zero-order chi connectivity index (χ0) is 15.2. The van der Waals surface area contributed by atoms with Gasteiger partial charge in [-0.05, 0) is 31.0 Å². The molecule has 2 amide bonds. The Kier molecular flexibility index (Phi) is 5.85. The van der Waals surface area contributed by atoms with Crippen molar-refractivity contribution < 1.29 is 14.3 Å². The highest BCUT2D eigenvalue weighted by Crippen LogP contribution is 2.25. The van der Waals surface area contributed by atoms with E-state index in [4.69, 9.17) is 27.9 Å². The summed E-state index contributed by atoms with van der Waals surface area (Å²) < 4.78 is 5.39. The standard InChI is InChI=1S/C14H16Cl2N2O3/c15-9-3-4-12(11(16)6-9)18-14(20)7-13(19)17-8-10-2-1-5-21-10/h3-4,6,10H,1-2,5,7-8H2,(H,17,19)(H,18,20). The SMILES string of the molecule is O=C(CC(=O)Nc1ccc(Cl)cc1Cl)NCC1CCCO1. The van der Waals surface area contributed by atoms with Crippen molar-refractivity contribution in [3.05, 3.63) is 28.2 Å². The van der Waals surface area contributed by atoms with Crippen LogP contribution in [0.3, 0.4) is 0 Å². The maximum atomic E-state index is 11.8. The van der Waals surface area contributed by atoms with Crippen molar-refractivity contribution in [2.24, 2.45) is 0 Å². The van der Waals surface area contributed by atoms with E-state index in [9.17, 15) is 9.59 Å². The minimum atomic E-state index is -0.427. The molecule has 1 aliphatic heterocycles. The second-order valence-corrected chi connectivity index (χ2v) is 5.63. The second-order valence-electron chi connectivity index (χ2n) is 4.79. The summed E-state index contributed by atoms with van der Waals surface area (Å²) in [6.07, 6.45) is 1.75. The van der Waals surface area contributed by atoms with E-state index in [0.29, 0.717) is 22.3 Å². The first-order chi connectivity index (χ1) is 10.0. The molecule has 0 spiro atoms. The zero-order valence-corrected chi connectivity index (χ0v) is 12.8. The summed E-state index contributed by atoms with van der Waals surface area (Å²) in [4.78, 5) is 23.4.